The lowest BCUT2D eigenvalue weighted by Gasteiger charge is -2.28. The van der Waals surface area contributed by atoms with Crippen molar-refractivity contribution in [3.8, 4) is 0 Å². The molecule has 0 heterocycles. The normalized spacial score (nSPS) is 11.6. The van der Waals surface area contributed by atoms with Crippen LogP contribution in [0.2, 0.25) is 0 Å². The summed E-state index contributed by atoms with van der Waals surface area (Å²) < 4.78 is 0. The van der Waals surface area contributed by atoms with Gasteiger partial charge in [0.25, 0.3) is 0 Å². The highest BCUT2D eigenvalue weighted by Gasteiger charge is 2.25. The monoisotopic (exact) mass is 384 g/mol. The van der Waals surface area contributed by atoms with E-state index in [1.165, 1.54) is 11.8 Å². The number of nitrogens with zero attached hydrogens (tertiary/aromatic N) is 1. The molecule has 2 aromatic carbocycles. The van der Waals surface area contributed by atoms with E-state index in [1.54, 1.807) is 11.8 Å². The molecule has 0 bridgehead atoms. The Hall–Kier alpha value is -2.27. The number of hydrogen-bond acceptors (Lipinski definition) is 3. The SMILES string of the molecule is CCCNC(=O)C(C)N(CCc1ccccc1)C(=O)CSc1ccccc1. The van der Waals surface area contributed by atoms with Crippen LogP contribution in [0.25, 0.3) is 0 Å². The lowest BCUT2D eigenvalue weighted by atomic mass is 10.1. The van der Waals surface area contributed by atoms with Gasteiger partial charge in [0.15, 0.2) is 0 Å². The van der Waals surface area contributed by atoms with Gasteiger partial charge in [-0.2, -0.15) is 0 Å². The Bertz CT molecular complexity index is 707. The highest BCUT2D eigenvalue weighted by atomic mass is 32.2. The Morgan fingerprint density at radius 3 is 2.30 bits per heavy atom. The third kappa shape index (κ3) is 7.10. The Morgan fingerprint density at radius 1 is 1.04 bits per heavy atom. The van der Waals surface area contributed by atoms with Gasteiger partial charge in [0.05, 0.1) is 5.75 Å². The molecule has 1 unspecified atom stereocenters. The summed E-state index contributed by atoms with van der Waals surface area (Å²) in [7, 11) is 0. The van der Waals surface area contributed by atoms with Crippen LogP contribution in [0.3, 0.4) is 0 Å². The lowest BCUT2D eigenvalue weighted by Crippen LogP contribution is -2.49. The van der Waals surface area contributed by atoms with Gasteiger partial charge in [-0.25, -0.2) is 0 Å². The second kappa shape index (κ2) is 11.4. The zero-order valence-electron chi connectivity index (χ0n) is 16.1. The van der Waals surface area contributed by atoms with E-state index in [0.717, 1.165) is 23.3 Å². The van der Waals surface area contributed by atoms with Gasteiger partial charge in [-0.1, -0.05) is 55.5 Å². The minimum atomic E-state index is -0.482. The third-order valence-corrected chi connectivity index (χ3v) is 5.30. The molecule has 0 spiro atoms. The molecule has 0 aliphatic rings. The number of nitrogens with one attached hydrogen (secondary N) is 1. The van der Waals surface area contributed by atoms with Gasteiger partial charge in [0.2, 0.25) is 11.8 Å². The van der Waals surface area contributed by atoms with Gasteiger partial charge < -0.3 is 10.2 Å². The zero-order valence-corrected chi connectivity index (χ0v) is 16.9. The van der Waals surface area contributed by atoms with Crippen molar-refractivity contribution < 1.29 is 9.59 Å². The maximum Gasteiger partial charge on any atom is 0.242 e. The first kappa shape index (κ1) is 21.0. The van der Waals surface area contributed by atoms with Crippen LogP contribution in [0.4, 0.5) is 0 Å². The van der Waals surface area contributed by atoms with Crippen LogP contribution in [0.5, 0.6) is 0 Å². The average molecular weight is 385 g/mol. The second-order valence-electron chi connectivity index (χ2n) is 6.39. The summed E-state index contributed by atoms with van der Waals surface area (Å²) in [5.74, 6) is 0.214. The second-order valence-corrected chi connectivity index (χ2v) is 7.44. The van der Waals surface area contributed by atoms with Crippen molar-refractivity contribution in [3.05, 3.63) is 66.2 Å². The van der Waals surface area contributed by atoms with Crippen LogP contribution in [0.1, 0.15) is 25.8 Å². The van der Waals surface area contributed by atoms with E-state index in [-0.39, 0.29) is 11.8 Å². The fourth-order valence-electron chi connectivity index (χ4n) is 2.71. The highest BCUT2D eigenvalue weighted by molar-refractivity contribution is 8.00. The molecule has 0 saturated carbocycles. The van der Waals surface area contributed by atoms with Crippen molar-refractivity contribution in [1.29, 1.82) is 0 Å². The summed E-state index contributed by atoms with van der Waals surface area (Å²) in [6.07, 6.45) is 1.61. The van der Waals surface area contributed by atoms with E-state index < -0.39 is 6.04 Å². The molecule has 0 saturated heterocycles. The van der Waals surface area contributed by atoms with Gasteiger partial charge in [-0.15, -0.1) is 11.8 Å². The molecule has 5 heteroatoms. The number of benzene rings is 2. The van der Waals surface area contributed by atoms with Gasteiger partial charge in [0, 0.05) is 18.0 Å². The Kier molecular flexibility index (Phi) is 8.92. The average Bonchev–Trinajstić information content (AvgIpc) is 2.72. The third-order valence-electron chi connectivity index (χ3n) is 4.31. The molecule has 0 fully saturated rings. The van der Waals surface area contributed by atoms with Crippen molar-refractivity contribution in [2.45, 2.75) is 37.6 Å². The highest BCUT2D eigenvalue weighted by Crippen LogP contribution is 2.18. The van der Waals surface area contributed by atoms with Crippen molar-refractivity contribution in [2.24, 2.45) is 0 Å². The quantitative estimate of drug-likeness (QED) is 0.635. The van der Waals surface area contributed by atoms with Crippen molar-refractivity contribution in [2.75, 3.05) is 18.8 Å². The molecular weight excluding hydrogens is 356 g/mol. The van der Waals surface area contributed by atoms with Crippen LogP contribution in [-0.2, 0) is 16.0 Å². The van der Waals surface area contributed by atoms with Gasteiger partial charge in [-0.3, -0.25) is 9.59 Å². The molecule has 0 radical (unpaired) electrons. The zero-order chi connectivity index (χ0) is 19.5. The van der Waals surface area contributed by atoms with E-state index in [4.69, 9.17) is 0 Å². The van der Waals surface area contributed by atoms with Crippen LogP contribution in [0.15, 0.2) is 65.6 Å². The molecule has 4 nitrogen and oxygen atoms in total. The number of carbonyl (C=O) groups excluding carboxylic acids is 2. The Labute approximate surface area is 166 Å². The number of thioether (sulfide) groups is 1. The van der Waals surface area contributed by atoms with E-state index in [1.807, 2.05) is 67.6 Å². The minimum absolute atomic E-state index is 0.0149. The van der Waals surface area contributed by atoms with Gasteiger partial charge in [0.1, 0.15) is 6.04 Å². The van der Waals surface area contributed by atoms with E-state index in [0.29, 0.717) is 18.8 Å². The molecule has 1 N–H and O–H groups in total. The fraction of sp³-hybridized carbons (Fsp3) is 0.364. The molecule has 1 atom stereocenters. The van der Waals surface area contributed by atoms with E-state index >= 15 is 0 Å². The maximum absolute atomic E-state index is 12.9. The minimum Gasteiger partial charge on any atom is -0.354 e. The molecule has 144 valence electrons. The predicted molar refractivity (Wildman–Crippen MR) is 112 cm³/mol. The number of rotatable bonds is 10. The first-order chi connectivity index (χ1) is 13.1. The van der Waals surface area contributed by atoms with Crippen molar-refractivity contribution in [3.63, 3.8) is 0 Å². The molecule has 0 aliphatic heterocycles. The maximum atomic E-state index is 12.9. The summed E-state index contributed by atoms with van der Waals surface area (Å²) in [5.41, 5.74) is 1.16. The Balaban J connectivity index is 2.02. The number of hydrogen-bond donors (Lipinski definition) is 1. The topological polar surface area (TPSA) is 49.4 Å². The molecule has 27 heavy (non-hydrogen) atoms. The van der Waals surface area contributed by atoms with Crippen LogP contribution >= 0.6 is 11.8 Å². The molecular formula is C22H28N2O2S. The lowest BCUT2D eigenvalue weighted by molar-refractivity contribution is -0.137. The molecule has 2 aromatic rings. The first-order valence-corrected chi connectivity index (χ1v) is 10.4. The number of carbonyl (C=O) groups is 2. The van der Waals surface area contributed by atoms with Crippen LogP contribution < -0.4 is 5.32 Å². The summed E-state index contributed by atoms with van der Waals surface area (Å²) in [6.45, 7) is 4.97. The molecule has 0 aromatic heterocycles. The summed E-state index contributed by atoms with van der Waals surface area (Å²) in [6, 6.07) is 19.4. The smallest absolute Gasteiger partial charge is 0.242 e. The largest absolute Gasteiger partial charge is 0.354 e. The van der Waals surface area contributed by atoms with E-state index in [9.17, 15) is 9.59 Å². The summed E-state index contributed by atoms with van der Waals surface area (Å²) in [5, 5.41) is 2.90. The fourth-order valence-corrected chi connectivity index (χ4v) is 3.52. The van der Waals surface area contributed by atoms with Crippen molar-refractivity contribution >= 4 is 23.6 Å². The van der Waals surface area contributed by atoms with E-state index in [2.05, 4.69) is 5.32 Å². The molecule has 2 amide bonds. The molecule has 0 aliphatic carbocycles. The van der Waals surface area contributed by atoms with Crippen LogP contribution in [-0.4, -0.2) is 41.6 Å². The first-order valence-electron chi connectivity index (χ1n) is 9.40. The predicted octanol–water partition coefficient (Wildman–Crippen LogP) is 3.76. The van der Waals surface area contributed by atoms with Gasteiger partial charge in [-0.05, 0) is 37.5 Å². The van der Waals surface area contributed by atoms with Crippen molar-refractivity contribution in [1.82, 2.24) is 10.2 Å². The standard InChI is InChI=1S/C22H28N2O2S/c1-3-15-23-22(26)18(2)24(16-14-19-10-6-4-7-11-19)21(25)17-27-20-12-8-5-9-13-20/h4-13,18H,3,14-17H2,1-2H3,(H,23,26). The molecule has 2 rings (SSSR count). The van der Waals surface area contributed by atoms with Crippen LogP contribution in [0, 0.1) is 0 Å². The Morgan fingerprint density at radius 2 is 1.67 bits per heavy atom. The summed E-state index contributed by atoms with van der Waals surface area (Å²) >= 11 is 1.50. The number of amides is 2. The van der Waals surface area contributed by atoms with Gasteiger partial charge >= 0.3 is 0 Å². The summed E-state index contributed by atoms with van der Waals surface area (Å²) in [4.78, 5) is 28.1.